The maximum atomic E-state index is 14.2. The highest BCUT2D eigenvalue weighted by Gasteiger charge is 2.34. The van der Waals surface area contributed by atoms with Gasteiger partial charge in [0.15, 0.2) is 17.9 Å². The number of imidazole rings is 1. The van der Waals surface area contributed by atoms with Gasteiger partial charge in [-0.3, -0.25) is 43.7 Å². The second kappa shape index (κ2) is 31.1. The van der Waals surface area contributed by atoms with Crippen LogP contribution in [0, 0.1) is 0 Å². The van der Waals surface area contributed by atoms with Crippen LogP contribution in [0.4, 0.5) is 0 Å². The van der Waals surface area contributed by atoms with Gasteiger partial charge in [0.05, 0.1) is 19.5 Å². The zero-order valence-corrected chi connectivity index (χ0v) is 36.1. The summed E-state index contributed by atoms with van der Waals surface area (Å²) >= 11 is 0. The Balaban J connectivity index is 3.52. The van der Waals surface area contributed by atoms with Gasteiger partial charge in [0, 0.05) is 37.9 Å². The number of amides is 6. The molecule has 65 heavy (non-hydrogen) atoms. The second-order valence-electron chi connectivity index (χ2n) is 14.6. The van der Waals surface area contributed by atoms with Crippen molar-refractivity contribution in [1.29, 1.82) is 0 Å². The summed E-state index contributed by atoms with van der Waals surface area (Å²) < 4.78 is 0. The van der Waals surface area contributed by atoms with Crippen molar-refractivity contribution in [2.45, 2.75) is 107 Å². The minimum absolute atomic E-state index is 0.0117. The van der Waals surface area contributed by atoms with Crippen molar-refractivity contribution in [3.8, 4) is 0 Å². The lowest BCUT2D eigenvalue weighted by Crippen LogP contribution is -2.60. The first-order valence-electron chi connectivity index (χ1n) is 20.7. The molecule has 0 saturated carbocycles. The highest BCUT2D eigenvalue weighted by molar-refractivity contribution is 5.97. The number of H-pyrrole nitrogens is 1. The van der Waals surface area contributed by atoms with E-state index in [1.165, 1.54) is 12.5 Å². The number of carboxylic acids is 1. The van der Waals surface area contributed by atoms with Crippen molar-refractivity contribution in [2.24, 2.45) is 60.8 Å². The average molecular weight is 926 g/mol. The molecule has 1 aromatic heterocycles. The van der Waals surface area contributed by atoms with Crippen LogP contribution in [-0.2, 0) is 40.0 Å². The molecule has 1 aromatic rings. The number of carbonyl (C=O) groups excluding carboxylic acids is 6. The SMILES string of the molecule is NCCCC[C@H](NC(=O)[C@H](Cc1cnc[nH]1)NC(=O)[C@H](CCCN=C(N)N)NC(=O)[C@H](CCCN=C(N)N)NC(=O)[C@H](CO)NC(=O)[C@@H](N)CO)C(=O)N[C@@H](CCCN=C(N)N)C(=O)O. The molecule has 0 aliphatic heterocycles. The van der Waals surface area contributed by atoms with E-state index in [4.69, 9.17) is 45.9 Å². The number of rotatable bonds is 33. The van der Waals surface area contributed by atoms with Gasteiger partial charge in [-0.1, -0.05) is 0 Å². The number of aliphatic imine (C=N–C) groups is 3. The molecule has 1 rings (SSSR count). The number of nitrogens with one attached hydrogen (secondary N) is 7. The molecule has 0 unspecified atom stereocenters. The number of guanidine groups is 3. The van der Waals surface area contributed by atoms with Gasteiger partial charge >= 0.3 is 5.97 Å². The molecular weight excluding hydrogens is 859 g/mol. The van der Waals surface area contributed by atoms with Crippen LogP contribution in [0.2, 0.25) is 0 Å². The fraction of sp³-hybridized carbons (Fsp3) is 0.639. The van der Waals surface area contributed by atoms with E-state index in [1.807, 2.05) is 0 Å². The Labute approximate surface area is 374 Å². The fourth-order valence-corrected chi connectivity index (χ4v) is 5.81. The third kappa shape index (κ3) is 23.4. The number of nitrogens with two attached hydrogens (primary N) is 8. The van der Waals surface area contributed by atoms with E-state index < -0.39 is 96.9 Å². The summed E-state index contributed by atoms with van der Waals surface area (Å²) in [6.07, 6.45) is 3.48. The number of nitrogens with zero attached hydrogens (tertiary/aromatic N) is 4. The Kier molecular flexibility index (Phi) is 26.9. The molecule has 7 atom stereocenters. The predicted octanol–water partition coefficient (Wildman–Crippen LogP) is -8.45. The molecule has 26 N–H and O–H groups in total. The van der Waals surface area contributed by atoms with Gasteiger partial charge in [0.1, 0.15) is 42.3 Å². The van der Waals surface area contributed by atoms with Crippen LogP contribution in [0.1, 0.15) is 63.5 Å². The van der Waals surface area contributed by atoms with Crippen molar-refractivity contribution in [3.05, 3.63) is 18.2 Å². The maximum Gasteiger partial charge on any atom is 0.326 e. The highest BCUT2D eigenvalue weighted by Crippen LogP contribution is 2.09. The number of unbranched alkanes of at least 4 members (excludes halogenated alkanes) is 1. The molecule has 1 heterocycles. The molecule has 29 nitrogen and oxygen atoms in total. The zero-order chi connectivity index (χ0) is 48.9. The highest BCUT2D eigenvalue weighted by atomic mass is 16.4. The number of hydrogen-bond donors (Lipinski definition) is 18. The molecule has 366 valence electrons. The van der Waals surface area contributed by atoms with Crippen LogP contribution in [0.5, 0.6) is 0 Å². The van der Waals surface area contributed by atoms with E-state index in [0.717, 1.165) is 0 Å². The Hall–Kier alpha value is -6.85. The lowest BCUT2D eigenvalue weighted by Gasteiger charge is -2.27. The minimum Gasteiger partial charge on any atom is -0.480 e. The van der Waals surface area contributed by atoms with Crippen LogP contribution in [-0.4, -0.2) is 166 Å². The fourth-order valence-electron chi connectivity index (χ4n) is 5.81. The van der Waals surface area contributed by atoms with Gasteiger partial charge in [-0.25, -0.2) is 9.78 Å². The molecule has 0 radical (unpaired) electrons. The van der Waals surface area contributed by atoms with Crippen LogP contribution >= 0.6 is 0 Å². The van der Waals surface area contributed by atoms with Gasteiger partial charge in [-0.15, -0.1) is 0 Å². The van der Waals surface area contributed by atoms with Crippen molar-refractivity contribution < 1.29 is 48.9 Å². The quantitative estimate of drug-likeness (QED) is 0.0177. The molecule has 0 aliphatic carbocycles. The Morgan fingerprint density at radius 1 is 0.554 bits per heavy atom. The van der Waals surface area contributed by atoms with Crippen molar-refractivity contribution in [3.63, 3.8) is 0 Å². The zero-order valence-electron chi connectivity index (χ0n) is 36.1. The van der Waals surface area contributed by atoms with Crippen molar-refractivity contribution in [2.75, 3.05) is 39.4 Å². The molecule has 0 aromatic carbocycles. The van der Waals surface area contributed by atoms with Crippen LogP contribution in [0.3, 0.4) is 0 Å². The van der Waals surface area contributed by atoms with E-state index in [-0.39, 0.29) is 95.4 Å². The number of aromatic nitrogens is 2. The third-order valence-electron chi connectivity index (χ3n) is 9.26. The Morgan fingerprint density at radius 3 is 1.32 bits per heavy atom. The number of aliphatic hydroxyl groups is 2. The van der Waals surface area contributed by atoms with Crippen LogP contribution < -0.4 is 77.8 Å². The molecule has 0 saturated heterocycles. The molecular formula is C36H67N19O10. The van der Waals surface area contributed by atoms with E-state index >= 15 is 0 Å². The number of hydrogen-bond acceptors (Lipinski definition) is 15. The first-order valence-corrected chi connectivity index (χ1v) is 20.7. The molecule has 0 fully saturated rings. The third-order valence-corrected chi connectivity index (χ3v) is 9.26. The standard InChI is InChI=1S/C36H67N19O10/c37-10-2-1-6-21(29(60)53-24(33(64)65)9-5-13-48-36(43)44)51-31(62)25(14-19-15-45-18-49-19)54-30(61)23(8-4-12-47-35(41)42)50-28(59)22(7-3-11-46-34(39)40)52-32(63)26(17-57)55-27(58)20(38)16-56/h15,18,20-26,56-57H,1-14,16-17,37-38H2,(H,45,49)(H,50,59)(H,51,62)(H,52,63)(H,53,60)(H,54,61)(H,55,58)(H,64,65)(H4,39,40,46)(H4,41,42,47)(H4,43,44,48)/t20-,21-,22-,23-,24-,25-,26-/m0/s1. The van der Waals surface area contributed by atoms with Crippen LogP contribution in [0.15, 0.2) is 27.5 Å². The number of carboxylic acid groups (broad SMARTS) is 1. The Bertz CT molecular complexity index is 1750. The van der Waals surface area contributed by atoms with E-state index in [9.17, 15) is 48.9 Å². The van der Waals surface area contributed by atoms with Gasteiger partial charge in [-0.2, -0.15) is 0 Å². The summed E-state index contributed by atoms with van der Waals surface area (Å²) in [5.74, 6) is -7.52. The predicted molar refractivity (Wildman–Crippen MR) is 236 cm³/mol. The topological polar surface area (TPSA) is 526 Å². The summed E-state index contributed by atoms with van der Waals surface area (Å²) in [6.45, 7) is -1.30. The number of aromatic amines is 1. The minimum atomic E-state index is -1.61. The second-order valence-corrected chi connectivity index (χ2v) is 14.6. The van der Waals surface area contributed by atoms with E-state index in [2.05, 4.69) is 56.8 Å². The van der Waals surface area contributed by atoms with Gasteiger partial charge in [-0.05, 0) is 64.3 Å². The molecule has 6 amide bonds. The van der Waals surface area contributed by atoms with Gasteiger partial charge in [0.25, 0.3) is 0 Å². The number of aliphatic carboxylic acids is 1. The van der Waals surface area contributed by atoms with Crippen LogP contribution in [0.25, 0.3) is 0 Å². The number of carbonyl (C=O) groups is 7. The monoisotopic (exact) mass is 926 g/mol. The van der Waals surface area contributed by atoms with Crippen molar-refractivity contribution >= 4 is 59.3 Å². The Morgan fingerprint density at radius 2 is 0.938 bits per heavy atom. The summed E-state index contributed by atoms with van der Waals surface area (Å²) in [6, 6.07) is -9.99. The molecule has 0 bridgehead atoms. The van der Waals surface area contributed by atoms with Crippen molar-refractivity contribution in [1.82, 2.24) is 41.9 Å². The summed E-state index contributed by atoms with van der Waals surface area (Å²) in [5.41, 5.74) is 44.0. The smallest absolute Gasteiger partial charge is 0.326 e. The summed E-state index contributed by atoms with van der Waals surface area (Å²) in [5, 5.41) is 43.7. The average Bonchev–Trinajstić information content (AvgIpc) is 3.77. The molecule has 0 spiro atoms. The molecule has 29 heteroatoms. The normalized spacial score (nSPS) is 14.0. The first kappa shape index (κ1) is 56.2. The largest absolute Gasteiger partial charge is 0.480 e. The van der Waals surface area contributed by atoms with Gasteiger partial charge < -0.3 is 98.1 Å². The van der Waals surface area contributed by atoms with E-state index in [0.29, 0.717) is 18.5 Å². The van der Waals surface area contributed by atoms with Gasteiger partial charge in [0.2, 0.25) is 35.4 Å². The first-order chi connectivity index (χ1) is 30.8. The summed E-state index contributed by atoms with van der Waals surface area (Å²) in [7, 11) is 0. The lowest BCUT2D eigenvalue weighted by atomic mass is 10.0. The lowest BCUT2D eigenvalue weighted by molar-refractivity contribution is -0.142. The number of aliphatic hydroxyl groups excluding tert-OH is 2. The molecule has 0 aliphatic rings. The van der Waals surface area contributed by atoms with E-state index in [1.54, 1.807) is 0 Å². The summed E-state index contributed by atoms with van der Waals surface area (Å²) in [4.78, 5) is 112. The maximum absolute atomic E-state index is 14.2.